The topological polar surface area (TPSA) is 86.7 Å². The van der Waals surface area contributed by atoms with Crippen molar-refractivity contribution in [1.29, 1.82) is 0 Å². The zero-order valence-electron chi connectivity index (χ0n) is 10.8. The molecule has 0 aliphatic rings. The number of halogens is 1. The molecule has 2 heterocycles. The molecular formula is C14H10ClN5O. The Morgan fingerprint density at radius 3 is 2.57 bits per heavy atom. The molecule has 0 saturated heterocycles. The lowest BCUT2D eigenvalue weighted by atomic mass is 10.2. The van der Waals surface area contributed by atoms with Crippen LogP contribution in [0.4, 0.5) is 5.95 Å². The maximum absolute atomic E-state index is 12.3. The van der Waals surface area contributed by atoms with Crippen LogP contribution in [0.15, 0.2) is 48.7 Å². The second-order valence-electron chi connectivity index (χ2n) is 4.23. The van der Waals surface area contributed by atoms with Crippen LogP contribution in [0.5, 0.6) is 0 Å². The van der Waals surface area contributed by atoms with Crippen LogP contribution < -0.4 is 5.73 Å². The third-order valence-electron chi connectivity index (χ3n) is 2.81. The third-order valence-corrected chi connectivity index (χ3v) is 3.06. The molecule has 0 aliphatic carbocycles. The fourth-order valence-electron chi connectivity index (χ4n) is 1.79. The number of nitrogen functional groups attached to an aromatic ring is 1. The van der Waals surface area contributed by atoms with E-state index in [1.165, 1.54) is 6.20 Å². The number of nitrogens with two attached hydrogens (primary N) is 1. The molecule has 0 saturated carbocycles. The van der Waals surface area contributed by atoms with Crippen LogP contribution in [0, 0.1) is 0 Å². The highest BCUT2D eigenvalue weighted by Crippen LogP contribution is 2.19. The lowest BCUT2D eigenvalue weighted by Gasteiger charge is -1.99. The highest BCUT2D eigenvalue weighted by atomic mass is 35.5. The van der Waals surface area contributed by atoms with Gasteiger partial charge in [0.2, 0.25) is 5.95 Å². The van der Waals surface area contributed by atoms with E-state index in [0.717, 1.165) is 10.2 Å². The van der Waals surface area contributed by atoms with Crippen LogP contribution in [0.25, 0.3) is 11.4 Å². The van der Waals surface area contributed by atoms with E-state index < -0.39 is 5.91 Å². The minimum absolute atomic E-state index is 0.00982. The van der Waals surface area contributed by atoms with E-state index in [9.17, 15) is 4.79 Å². The number of nitrogens with zero attached hydrogens (tertiary/aromatic N) is 4. The fraction of sp³-hybridized carbons (Fsp3) is 0. The zero-order valence-corrected chi connectivity index (χ0v) is 11.5. The Morgan fingerprint density at radius 2 is 1.90 bits per heavy atom. The summed E-state index contributed by atoms with van der Waals surface area (Å²) in [4.78, 5) is 20.3. The van der Waals surface area contributed by atoms with Crippen molar-refractivity contribution < 1.29 is 4.79 Å². The number of pyridine rings is 1. The minimum Gasteiger partial charge on any atom is -0.368 e. The quantitative estimate of drug-likeness (QED) is 0.784. The van der Waals surface area contributed by atoms with Crippen molar-refractivity contribution in [3.8, 4) is 11.4 Å². The minimum atomic E-state index is -0.430. The molecule has 6 nitrogen and oxygen atoms in total. The summed E-state index contributed by atoms with van der Waals surface area (Å²) in [5.74, 6) is -0.0649. The summed E-state index contributed by atoms with van der Waals surface area (Å²) in [6.45, 7) is 0. The van der Waals surface area contributed by atoms with Crippen LogP contribution in [0.2, 0.25) is 5.02 Å². The first-order valence-electron chi connectivity index (χ1n) is 6.09. The predicted molar refractivity (Wildman–Crippen MR) is 78.8 cm³/mol. The van der Waals surface area contributed by atoms with E-state index >= 15 is 0 Å². The average molecular weight is 300 g/mol. The van der Waals surface area contributed by atoms with Crippen molar-refractivity contribution in [3.05, 3.63) is 59.4 Å². The molecule has 3 rings (SSSR count). The molecule has 0 fully saturated rings. The molecular weight excluding hydrogens is 290 g/mol. The van der Waals surface area contributed by atoms with Gasteiger partial charge in [0, 0.05) is 16.8 Å². The van der Waals surface area contributed by atoms with E-state index in [2.05, 4.69) is 15.1 Å². The molecule has 1 aromatic carbocycles. The number of hydrogen-bond donors (Lipinski definition) is 1. The van der Waals surface area contributed by atoms with E-state index in [0.29, 0.717) is 10.8 Å². The summed E-state index contributed by atoms with van der Waals surface area (Å²) in [6.07, 6.45) is 1.53. The van der Waals surface area contributed by atoms with Crippen LogP contribution >= 0.6 is 11.6 Å². The van der Waals surface area contributed by atoms with Crippen LogP contribution in [-0.2, 0) is 0 Å². The second kappa shape index (κ2) is 5.34. The van der Waals surface area contributed by atoms with Gasteiger partial charge in [-0.25, -0.2) is 0 Å². The number of rotatable bonds is 2. The monoisotopic (exact) mass is 299 g/mol. The lowest BCUT2D eigenvalue weighted by Crippen LogP contribution is -2.17. The molecule has 0 spiro atoms. The smallest absolute Gasteiger partial charge is 0.299 e. The Morgan fingerprint density at radius 1 is 1.14 bits per heavy atom. The second-order valence-corrected chi connectivity index (χ2v) is 4.67. The Labute approximate surface area is 125 Å². The van der Waals surface area contributed by atoms with Crippen molar-refractivity contribution in [2.75, 3.05) is 5.73 Å². The summed E-state index contributed by atoms with van der Waals surface area (Å²) in [5.41, 5.74) is 6.73. The SMILES string of the molecule is Nc1nc(-c2ccc(Cl)cc2)nn1C(=O)c1ccccn1. The van der Waals surface area contributed by atoms with Crippen molar-refractivity contribution in [2.45, 2.75) is 0 Å². The molecule has 7 heteroatoms. The van der Waals surface area contributed by atoms with Crippen LogP contribution in [0.3, 0.4) is 0 Å². The summed E-state index contributed by atoms with van der Waals surface area (Å²) in [7, 11) is 0. The molecule has 0 aliphatic heterocycles. The summed E-state index contributed by atoms with van der Waals surface area (Å²) < 4.78 is 1.03. The van der Waals surface area contributed by atoms with Crippen molar-refractivity contribution in [3.63, 3.8) is 0 Å². The molecule has 0 atom stereocenters. The first-order valence-corrected chi connectivity index (χ1v) is 6.47. The average Bonchev–Trinajstić information content (AvgIpc) is 2.90. The Kier molecular flexibility index (Phi) is 3.37. The standard InChI is InChI=1S/C14H10ClN5O/c15-10-6-4-9(5-7-10)12-18-14(16)20(19-12)13(21)11-3-1-2-8-17-11/h1-8H,(H2,16,18,19). The van der Waals surface area contributed by atoms with Gasteiger partial charge in [-0.15, -0.1) is 5.10 Å². The molecule has 3 aromatic rings. The summed E-state index contributed by atoms with van der Waals surface area (Å²) >= 11 is 5.83. The Bertz CT molecular complexity index is 783. The van der Waals surface area contributed by atoms with Gasteiger partial charge in [-0.2, -0.15) is 9.67 Å². The largest absolute Gasteiger partial charge is 0.368 e. The molecule has 0 amide bonds. The molecule has 21 heavy (non-hydrogen) atoms. The van der Waals surface area contributed by atoms with Gasteiger partial charge in [-0.1, -0.05) is 17.7 Å². The normalized spacial score (nSPS) is 10.5. The lowest BCUT2D eigenvalue weighted by molar-refractivity contribution is 0.0943. The third kappa shape index (κ3) is 2.61. The van der Waals surface area contributed by atoms with Crippen molar-refractivity contribution >= 4 is 23.5 Å². The molecule has 0 bridgehead atoms. The number of anilines is 1. The van der Waals surface area contributed by atoms with Crippen LogP contribution in [0.1, 0.15) is 10.5 Å². The first-order chi connectivity index (χ1) is 10.1. The molecule has 104 valence electrons. The van der Waals surface area contributed by atoms with Gasteiger partial charge in [-0.05, 0) is 36.4 Å². The van der Waals surface area contributed by atoms with Gasteiger partial charge in [0.15, 0.2) is 5.82 Å². The van der Waals surface area contributed by atoms with Gasteiger partial charge in [0.1, 0.15) is 5.69 Å². The summed E-state index contributed by atoms with van der Waals surface area (Å²) in [6, 6.07) is 12.0. The van der Waals surface area contributed by atoms with Gasteiger partial charge < -0.3 is 5.73 Å². The number of aromatic nitrogens is 4. The Hall–Kier alpha value is -2.73. The fourth-order valence-corrected chi connectivity index (χ4v) is 1.92. The molecule has 0 radical (unpaired) electrons. The van der Waals surface area contributed by atoms with E-state index in [1.54, 1.807) is 42.5 Å². The predicted octanol–water partition coefficient (Wildman–Crippen LogP) is 2.26. The number of carbonyl (C=O) groups excluding carboxylic acids is 1. The van der Waals surface area contributed by atoms with E-state index in [1.807, 2.05) is 0 Å². The highest BCUT2D eigenvalue weighted by Gasteiger charge is 2.17. The van der Waals surface area contributed by atoms with E-state index in [4.69, 9.17) is 17.3 Å². The first kappa shape index (κ1) is 13.3. The Balaban J connectivity index is 1.98. The van der Waals surface area contributed by atoms with Crippen LogP contribution in [-0.4, -0.2) is 25.7 Å². The van der Waals surface area contributed by atoms with Gasteiger partial charge in [0.25, 0.3) is 5.91 Å². The van der Waals surface area contributed by atoms with Gasteiger partial charge >= 0.3 is 0 Å². The van der Waals surface area contributed by atoms with E-state index in [-0.39, 0.29) is 11.6 Å². The number of benzene rings is 1. The maximum Gasteiger partial charge on any atom is 0.299 e. The number of carbonyl (C=O) groups is 1. The van der Waals surface area contributed by atoms with Gasteiger partial charge in [-0.3, -0.25) is 9.78 Å². The number of hydrogen-bond acceptors (Lipinski definition) is 5. The summed E-state index contributed by atoms with van der Waals surface area (Å²) in [5, 5.41) is 4.74. The highest BCUT2D eigenvalue weighted by molar-refractivity contribution is 6.30. The zero-order chi connectivity index (χ0) is 14.8. The van der Waals surface area contributed by atoms with Crippen molar-refractivity contribution in [1.82, 2.24) is 19.7 Å². The maximum atomic E-state index is 12.3. The molecule has 2 N–H and O–H groups in total. The molecule has 0 unspecified atom stereocenters. The molecule has 2 aromatic heterocycles. The van der Waals surface area contributed by atoms with Gasteiger partial charge in [0.05, 0.1) is 0 Å². The van der Waals surface area contributed by atoms with Crippen molar-refractivity contribution in [2.24, 2.45) is 0 Å².